The summed E-state index contributed by atoms with van der Waals surface area (Å²) in [4.78, 5) is 13.1. The second-order valence-electron chi connectivity index (χ2n) is 8.27. The van der Waals surface area contributed by atoms with E-state index < -0.39 is 39.5 Å². The first-order chi connectivity index (χ1) is 16.3. The number of anilines is 1. The number of halogens is 4. The second kappa shape index (κ2) is 10.2. The molecule has 35 heavy (non-hydrogen) atoms. The number of aryl methyl sites for hydroxylation is 3. The molecule has 1 unspecified atom stereocenters. The third-order valence-corrected chi connectivity index (χ3v) is 7.09. The van der Waals surface area contributed by atoms with Crippen molar-refractivity contribution >= 4 is 21.6 Å². The number of benzene rings is 3. The van der Waals surface area contributed by atoms with Crippen LogP contribution in [-0.4, -0.2) is 20.4 Å². The normalized spacial score (nSPS) is 12.9. The van der Waals surface area contributed by atoms with Gasteiger partial charge in [-0.2, -0.15) is 17.9 Å². The molecule has 0 saturated heterocycles. The topological polar surface area (TPSA) is 75.3 Å². The molecule has 3 aromatic rings. The van der Waals surface area contributed by atoms with Gasteiger partial charge in [0.15, 0.2) is 0 Å². The van der Waals surface area contributed by atoms with E-state index in [9.17, 15) is 30.8 Å². The van der Waals surface area contributed by atoms with E-state index in [1.54, 1.807) is 56.3 Å². The van der Waals surface area contributed by atoms with Gasteiger partial charge in [-0.25, -0.2) is 12.8 Å². The summed E-state index contributed by atoms with van der Waals surface area (Å²) in [5, 5.41) is 2.28. The molecule has 0 heterocycles. The zero-order valence-corrected chi connectivity index (χ0v) is 20.0. The first-order valence-corrected chi connectivity index (χ1v) is 12.1. The fourth-order valence-corrected chi connectivity index (χ4v) is 5.57. The van der Waals surface area contributed by atoms with E-state index in [0.29, 0.717) is 28.8 Å². The third kappa shape index (κ3) is 6.46. The molecule has 1 amide bonds. The van der Waals surface area contributed by atoms with Crippen molar-refractivity contribution in [2.24, 2.45) is 0 Å². The molecule has 0 spiro atoms. The summed E-state index contributed by atoms with van der Waals surface area (Å²) in [6.07, 6.45) is -5.03. The van der Waals surface area contributed by atoms with E-state index in [2.05, 4.69) is 10.0 Å². The average Bonchev–Trinajstić information content (AvgIpc) is 2.73. The molecular weight excluding hydrogens is 484 g/mol. The highest BCUT2D eigenvalue weighted by Gasteiger charge is 2.35. The van der Waals surface area contributed by atoms with Crippen molar-refractivity contribution in [1.29, 1.82) is 0 Å². The van der Waals surface area contributed by atoms with Crippen LogP contribution in [0.15, 0.2) is 65.6 Å². The lowest BCUT2D eigenvalue weighted by atomic mass is 10.1. The van der Waals surface area contributed by atoms with Crippen LogP contribution in [0.2, 0.25) is 0 Å². The molecule has 0 aromatic heterocycles. The highest BCUT2D eigenvalue weighted by atomic mass is 32.2. The van der Waals surface area contributed by atoms with Crippen molar-refractivity contribution < 1.29 is 30.8 Å². The van der Waals surface area contributed by atoms with Gasteiger partial charge in [0, 0.05) is 5.69 Å². The first-order valence-electron chi connectivity index (χ1n) is 10.6. The Labute approximate surface area is 201 Å². The average molecular weight is 509 g/mol. The number of carbonyl (C=O) groups is 1. The predicted octanol–water partition coefficient (Wildman–Crippen LogP) is 5.30. The van der Waals surface area contributed by atoms with Crippen LogP contribution in [0.1, 0.15) is 27.8 Å². The Kier molecular flexibility index (Phi) is 7.66. The quantitative estimate of drug-likeness (QED) is 0.426. The van der Waals surface area contributed by atoms with E-state index >= 15 is 0 Å². The van der Waals surface area contributed by atoms with Crippen LogP contribution in [0.25, 0.3) is 0 Å². The molecule has 0 radical (unpaired) electrons. The van der Waals surface area contributed by atoms with Crippen molar-refractivity contribution in [3.63, 3.8) is 0 Å². The van der Waals surface area contributed by atoms with Crippen molar-refractivity contribution in [2.45, 2.75) is 44.3 Å². The smallest absolute Gasteiger partial charge is 0.325 e. The molecular formula is C25H24F4N2O3S. The number of hydrogen-bond acceptors (Lipinski definition) is 3. The first kappa shape index (κ1) is 26.4. The molecule has 10 heteroatoms. The molecule has 0 saturated carbocycles. The van der Waals surface area contributed by atoms with Gasteiger partial charge in [0.25, 0.3) is 0 Å². The summed E-state index contributed by atoms with van der Waals surface area (Å²) in [6, 6.07) is 12.6. The van der Waals surface area contributed by atoms with Gasteiger partial charge in [0.05, 0.1) is 10.5 Å². The molecule has 5 nitrogen and oxygen atoms in total. The number of nitrogens with one attached hydrogen (secondary N) is 2. The monoisotopic (exact) mass is 508 g/mol. The highest BCUT2D eigenvalue weighted by molar-refractivity contribution is 7.89. The van der Waals surface area contributed by atoms with Gasteiger partial charge in [0.2, 0.25) is 15.9 Å². The van der Waals surface area contributed by atoms with Crippen LogP contribution < -0.4 is 10.0 Å². The maximum absolute atomic E-state index is 13.6. The predicted molar refractivity (Wildman–Crippen MR) is 125 cm³/mol. The maximum atomic E-state index is 13.6. The lowest BCUT2D eigenvalue weighted by Crippen LogP contribution is -2.45. The Bertz CT molecular complexity index is 1320. The summed E-state index contributed by atoms with van der Waals surface area (Å²) in [5.74, 6) is -2.37. The van der Waals surface area contributed by atoms with Gasteiger partial charge in [-0.1, -0.05) is 48.0 Å². The minimum absolute atomic E-state index is 0.0232. The van der Waals surface area contributed by atoms with E-state index in [1.807, 2.05) is 6.92 Å². The molecule has 2 N–H and O–H groups in total. The molecule has 3 aromatic carbocycles. The van der Waals surface area contributed by atoms with Crippen molar-refractivity contribution in [2.75, 3.05) is 5.32 Å². The SMILES string of the molecule is Cc1cc(C)c(S(=O)(=O)NC(Cc2ccccc2)C(=O)Nc2ccc(F)c(C(F)(F)F)c2)c(C)c1. The summed E-state index contributed by atoms with van der Waals surface area (Å²) in [5.41, 5.74) is 0.617. The van der Waals surface area contributed by atoms with Crippen LogP contribution in [0.5, 0.6) is 0 Å². The van der Waals surface area contributed by atoms with E-state index in [0.717, 1.165) is 11.6 Å². The summed E-state index contributed by atoms with van der Waals surface area (Å²) in [7, 11) is -4.18. The number of carbonyl (C=O) groups excluding carboxylic acids is 1. The van der Waals surface area contributed by atoms with E-state index in [4.69, 9.17) is 0 Å². The summed E-state index contributed by atoms with van der Waals surface area (Å²) >= 11 is 0. The molecule has 186 valence electrons. The van der Waals surface area contributed by atoms with Crippen molar-refractivity contribution in [1.82, 2.24) is 4.72 Å². The molecule has 0 aliphatic heterocycles. The van der Waals surface area contributed by atoms with Gasteiger partial charge in [0.1, 0.15) is 11.9 Å². The van der Waals surface area contributed by atoms with Crippen molar-refractivity contribution in [3.8, 4) is 0 Å². The van der Waals surface area contributed by atoms with Gasteiger partial charge in [-0.15, -0.1) is 0 Å². The lowest BCUT2D eigenvalue weighted by molar-refractivity contribution is -0.140. The molecule has 0 bridgehead atoms. The Morgan fingerprint density at radius 2 is 1.54 bits per heavy atom. The Morgan fingerprint density at radius 3 is 2.11 bits per heavy atom. The van der Waals surface area contributed by atoms with Crippen LogP contribution in [0.4, 0.5) is 23.2 Å². The molecule has 3 rings (SSSR count). The molecule has 1 atom stereocenters. The molecule has 0 fully saturated rings. The van der Waals surface area contributed by atoms with E-state index in [1.165, 1.54) is 0 Å². The fourth-order valence-electron chi connectivity index (χ4n) is 3.92. The van der Waals surface area contributed by atoms with Gasteiger partial charge in [-0.05, 0) is 62.1 Å². The largest absolute Gasteiger partial charge is 0.419 e. The van der Waals surface area contributed by atoms with Gasteiger partial charge >= 0.3 is 6.18 Å². The van der Waals surface area contributed by atoms with Crippen molar-refractivity contribution in [3.05, 3.63) is 94.3 Å². The van der Waals surface area contributed by atoms with Crippen LogP contribution in [0, 0.1) is 26.6 Å². The second-order valence-corrected chi connectivity index (χ2v) is 9.92. The van der Waals surface area contributed by atoms with E-state index in [-0.39, 0.29) is 17.0 Å². The molecule has 0 aliphatic carbocycles. The number of alkyl halides is 3. The standard InChI is InChI=1S/C25H24F4N2O3S/c1-15-11-16(2)23(17(3)12-15)35(33,34)31-22(13-18-7-5-4-6-8-18)24(32)30-19-9-10-21(26)20(14-19)25(27,28)29/h4-12,14,22,31H,13H2,1-3H3,(H,30,32). The Morgan fingerprint density at radius 1 is 0.943 bits per heavy atom. The summed E-state index contributed by atoms with van der Waals surface area (Å²) in [6.45, 7) is 5.10. The maximum Gasteiger partial charge on any atom is 0.419 e. The fraction of sp³-hybridized carbons (Fsp3) is 0.240. The highest BCUT2D eigenvalue weighted by Crippen LogP contribution is 2.33. The number of hydrogen-bond donors (Lipinski definition) is 2. The lowest BCUT2D eigenvalue weighted by Gasteiger charge is -2.21. The van der Waals surface area contributed by atoms with Gasteiger partial charge < -0.3 is 5.32 Å². The molecule has 0 aliphatic rings. The summed E-state index contributed by atoms with van der Waals surface area (Å²) < 4.78 is 81.9. The number of sulfonamides is 1. The minimum atomic E-state index is -4.96. The zero-order chi connectivity index (χ0) is 26.0. The number of rotatable bonds is 7. The Balaban J connectivity index is 1.96. The van der Waals surface area contributed by atoms with Crippen LogP contribution >= 0.6 is 0 Å². The Hall–Kier alpha value is -3.24. The zero-order valence-electron chi connectivity index (χ0n) is 19.2. The number of amides is 1. The van der Waals surface area contributed by atoms with Crippen LogP contribution in [-0.2, 0) is 27.4 Å². The van der Waals surface area contributed by atoms with Crippen LogP contribution in [0.3, 0.4) is 0 Å². The third-order valence-electron chi connectivity index (χ3n) is 5.31. The minimum Gasteiger partial charge on any atom is -0.325 e. The van der Waals surface area contributed by atoms with Gasteiger partial charge in [-0.3, -0.25) is 4.79 Å².